The van der Waals surface area contributed by atoms with Crippen LogP contribution < -0.4 is 5.73 Å². The van der Waals surface area contributed by atoms with Gasteiger partial charge in [0.1, 0.15) is 6.07 Å². The number of alkyl halides is 3. The second kappa shape index (κ2) is 4.01. The van der Waals surface area contributed by atoms with E-state index in [1.54, 1.807) is 6.07 Å². The van der Waals surface area contributed by atoms with Gasteiger partial charge in [-0.25, -0.2) is 13.2 Å². The minimum absolute atomic E-state index is 0.00537. The van der Waals surface area contributed by atoms with E-state index in [9.17, 15) is 13.2 Å². The van der Waals surface area contributed by atoms with Crippen molar-refractivity contribution in [1.29, 1.82) is 5.26 Å². The molecule has 1 aromatic carbocycles. The fourth-order valence-corrected chi connectivity index (χ4v) is 0.988. The van der Waals surface area contributed by atoms with Gasteiger partial charge in [-0.2, -0.15) is 5.26 Å². The van der Waals surface area contributed by atoms with Crippen molar-refractivity contribution in [1.82, 2.24) is 0 Å². The van der Waals surface area contributed by atoms with E-state index >= 15 is 0 Å². The Morgan fingerprint density at radius 1 is 1.29 bits per heavy atom. The first-order valence-electron chi connectivity index (χ1n) is 3.78. The van der Waals surface area contributed by atoms with Crippen molar-refractivity contribution in [3.63, 3.8) is 0 Å². The molecule has 0 aromatic heterocycles. The maximum absolute atomic E-state index is 12.8. The average molecular weight is 200 g/mol. The molecule has 0 saturated heterocycles. The van der Waals surface area contributed by atoms with Crippen molar-refractivity contribution in [2.75, 3.05) is 5.73 Å². The summed E-state index contributed by atoms with van der Waals surface area (Å²) < 4.78 is 36.7. The Balaban J connectivity index is 3.08. The molecular formula is C9H7F3N2. The summed E-state index contributed by atoms with van der Waals surface area (Å²) in [5.41, 5.74) is 5.27. The van der Waals surface area contributed by atoms with Gasteiger partial charge >= 0.3 is 0 Å². The van der Waals surface area contributed by atoms with E-state index in [1.807, 2.05) is 0 Å². The first-order valence-corrected chi connectivity index (χ1v) is 3.78. The predicted molar refractivity (Wildman–Crippen MR) is 45.4 cm³/mol. The number of nitriles is 1. The van der Waals surface area contributed by atoms with Gasteiger partial charge in [-0.1, -0.05) is 6.07 Å². The van der Waals surface area contributed by atoms with E-state index in [1.165, 1.54) is 6.07 Å². The molecule has 5 heteroatoms. The molecule has 0 heterocycles. The molecule has 2 nitrogen and oxygen atoms in total. The maximum Gasteiger partial charge on any atom is 0.273 e. The van der Waals surface area contributed by atoms with E-state index in [0.29, 0.717) is 0 Å². The van der Waals surface area contributed by atoms with Gasteiger partial charge in [0.15, 0.2) is 6.17 Å². The minimum atomic E-state index is -3.09. The zero-order valence-electron chi connectivity index (χ0n) is 7.05. The third-order valence-electron chi connectivity index (χ3n) is 1.74. The Morgan fingerprint density at radius 3 is 2.43 bits per heavy atom. The lowest BCUT2D eigenvalue weighted by molar-refractivity contribution is 0.0496. The number of nitrogens with zero attached hydrogens (tertiary/aromatic N) is 1. The first kappa shape index (κ1) is 10.4. The molecule has 1 atom stereocenters. The quantitative estimate of drug-likeness (QED) is 0.745. The highest BCUT2D eigenvalue weighted by molar-refractivity contribution is 5.55. The molecule has 0 aliphatic heterocycles. The fraction of sp³-hybridized carbons (Fsp3) is 0.222. The number of nitrogens with two attached hydrogens (primary N) is 1. The van der Waals surface area contributed by atoms with Crippen LogP contribution in [-0.2, 0) is 0 Å². The van der Waals surface area contributed by atoms with Gasteiger partial charge in [0.05, 0.1) is 5.56 Å². The molecule has 14 heavy (non-hydrogen) atoms. The SMILES string of the molecule is N#Cc1cc(C(F)C(F)F)ccc1N. The topological polar surface area (TPSA) is 49.8 Å². The standard InChI is InChI=1S/C9H7F3N2/c10-8(9(11)12)5-1-2-7(14)6(3-5)4-13/h1-3,8-9H,14H2. The average Bonchev–Trinajstić information content (AvgIpc) is 2.17. The Labute approximate surface area is 78.8 Å². The summed E-state index contributed by atoms with van der Waals surface area (Å²) in [6.07, 6.45) is -5.46. The number of hydrogen-bond acceptors (Lipinski definition) is 2. The maximum atomic E-state index is 12.8. The molecule has 1 rings (SSSR count). The van der Waals surface area contributed by atoms with Crippen molar-refractivity contribution in [2.24, 2.45) is 0 Å². The number of rotatable bonds is 2. The molecule has 0 aliphatic carbocycles. The van der Waals surface area contributed by atoms with Crippen LogP contribution in [0.4, 0.5) is 18.9 Å². The van der Waals surface area contributed by atoms with E-state index < -0.39 is 12.6 Å². The highest BCUT2D eigenvalue weighted by atomic mass is 19.3. The van der Waals surface area contributed by atoms with Crippen LogP contribution in [0.1, 0.15) is 17.3 Å². The van der Waals surface area contributed by atoms with Crippen molar-refractivity contribution in [3.8, 4) is 6.07 Å². The van der Waals surface area contributed by atoms with Gasteiger partial charge in [0.25, 0.3) is 6.43 Å². The van der Waals surface area contributed by atoms with Gasteiger partial charge in [-0.15, -0.1) is 0 Å². The lowest BCUT2D eigenvalue weighted by atomic mass is 10.1. The van der Waals surface area contributed by atoms with Crippen LogP contribution in [0.2, 0.25) is 0 Å². The summed E-state index contributed by atoms with van der Waals surface area (Å²) in [6.45, 7) is 0. The van der Waals surface area contributed by atoms with Crippen molar-refractivity contribution in [3.05, 3.63) is 29.3 Å². The van der Waals surface area contributed by atoms with E-state index in [4.69, 9.17) is 11.0 Å². The molecule has 0 aliphatic rings. The zero-order valence-corrected chi connectivity index (χ0v) is 7.05. The van der Waals surface area contributed by atoms with Gasteiger partial charge in [-0.3, -0.25) is 0 Å². The minimum Gasteiger partial charge on any atom is -0.398 e. The highest BCUT2D eigenvalue weighted by Gasteiger charge is 2.21. The smallest absolute Gasteiger partial charge is 0.273 e. The molecule has 0 fully saturated rings. The van der Waals surface area contributed by atoms with Crippen LogP contribution in [0.15, 0.2) is 18.2 Å². The van der Waals surface area contributed by atoms with Crippen LogP contribution in [0.5, 0.6) is 0 Å². The molecule has 0 radical (unpaired) electrons. The van der Waals surface area contributed by atoms with E-state index in [0.717, 1.165) is 12.1 Å². The summed E-state index contributed by atoms with van der Waals surface area (Å²) in [6, 6.07) is 5.11. The van der Waals surface area contributed by atoms with Gasteiger partial charge in [-0.05, 0) is 17.7 Å². The third-order valence-corrected chi connectivity index (χ3v) is 1.74. The van der Waals surface area contributed by atoms with Crippen LogP contribution in [0, 0.1) is 11.3 Å². The number of anilines is 1. The molecule has 2 N–H and O–H groups in total. The number of benzene rings is 1. The first-order chi connectivity index (χ1) is 6.56. The highest BCUT2D eigenvalue weighted by Crippen LogP contribution is 2.26. The normalized spacial score (nSPS) is 12.5. The molecule has 1 aromatic rings. The summed E-state index contributed by atoms with van der Waals surface area (Å²) in [4.78, 5) is 0. The Kier molecular flexibility index (Phi) is 2.97. The Bertz CT molecular complexity index is 371. The van der Waals surface area contributed by atoms with Gasteiger partial charge in [0, 0.05) is 5.69 Å². The van der Waals surface area contributed by atoms with Crippen molar-refractivity contribution in [2.45, 2.75) is 12.6 Å². The molecule has 1 unspecified atom stereocenters. The predicted octanol–water partition coefficient (Wildman–Crippen LogP) is 2.42. The Hall–Kier alpha value is -1.70. The zero-order chi connectivity index (χ0) is 10.7. The molecule has 0 saturated carbocycles. The largest absolute Gasteiger partial charge is 0.398 e. The molecule has 0 bridgehead atoms. The number of nitrogen functional groups attached to an aromatic ring is 1. The van der Waals surface area contributed by atoms with E-state index in [-0.39, 0.29) is 16.8 Å². The van der Waals surface area contributed by atoms with Crippen LogP contribution in [-0.4, -0.2) is 6.43 Å². The van der Waals surface area contributed by atoms with Crippen LogP contribution in [0.3, 0.4) is 0 Å². The lowest BCUT2D eigenvalue weighted by Gasteiger charge is -2.08. The molecule has 0 amide bonds. The van der Waals surface area contributed by atoms with Crippen molar-refractivity contribution >= 4 is 5.69 Å². The lowest BCUT2D eigenvalue weighted by Crippen LogP contribution is -2.04. The van der Waals surface area contributed by atoms with Crippen molar-refractivity contribution < 1.29 is 13.2 Å². The summed E-state index contributed by atoms with van der Waals surface area (Å²) in [5, 5.41) is 8.52. The van der Waals surface area contributed by atoms with Crippen LogP contribution >= 0.6 is 0 Å². The van der Waals surface area contributed by atoms with E-state index in [2.05, 4.69) is 0 Å². The third kappa shape index (κ3) is 1.96. The monoisotopic (exact) mass is 200 g/mol. The Morgan fingerprint density at radius 2 is 1.93 bits per heavy atom. The van der Waals surface area contributed by atoms with Gasteiger partial charge < -0.3 is 5.73 Å². The second-order valence-electron chi connectivity index (χ2n) is 2.69. The molecule has 0 spiro atoms. The summed E-state index contributed by atoms with van der Waals surface area (Å²) in [7, 11) is 0. The summed E-state index contributed by atoms with van der Waals surface area (Å²) >= 11 is 0. The molecule has 74 valence electrons. The number of hydrogen-bond donors (Lipinski definition) is 1. The summed E-state index contributed by atoms with van der Waals surface area (Å²) in [5.74, 6) is 0. The molecular weight excluding hydrogens is 193 g/mol. The van der Waals surface area contributed by atoms with Crippen LogP contribution in [0.25, 0.3) is 0 Å². The van der Waals surface area contributed by atoms with Gasteiger partial charge in [0.2, 0.25) is 0 Å². The second-order valence-corrected chi connectivity index (χ2v) is 2.69. The fourth-order valence-electron chi connectivity index (χ4n) is 0.988. The number of halogens is 3.